The van der Waals surface area contributed by atoms with Crippen LogP contribution in [0.5, 0.6) is 0 Å². The van der Waals surface area contributed by atoms with Crippen molar-refractivity contribution >= 4 is 0 Å². The van der Waals surface area contributed by atoms with Crippen molar-refractivity contribution < 1.29 is 0 Å². The van der Waals surface area contributed by atoms with Gasteiger partial charge in [0.05, 0.1) is 11.8 Å². The second-order valence-electron chi connectivity index (χ2n) is 5.49. The molecule has 0 fully saturated rings. The van der Waals surface area contributed by atoms with Gasteiger partial charge < -0.3 is 0 Å². The van der Waals surface area contributed by atoms with Crippen LogP contribution in [0.2, 0.25) is 0 Å². The molecule has 0 aliphatic carbocycles. The van der Waals surface area contributed by atoms with Gasteiger partial charge in [-0.3, -0.25) is 4.68 Å². The van der Waals surface area contributed by atoms with Crippen LogP contribution in [0, 0.1) is 18.3 Å². The van der Waals surface area contributed by atoms with Gasteiger partial charge in [0.1, 0.15) is 5.54 Å². The molecule has 0 N–H and O–H groups in total. The Morgan fingerprint density at radius 3 is 2.13 bits per heavy atom. The number of rotatable bonds is 1. The van der Waals surface area contributed by atoms with Crippen molar-refractivity contribution in [2.45, 2.75) is 52.5 Å². The van der Waals surface area contributed by atoms with Crippen molar-refractivity contribution in [3.63, 3.8) is 0 Å². The van der Waals surface area contributed by atoms with Crippen LogP contribution in [0.1, 0.15) is 45.9 Å². The van der Waals surface area contributed by atoms with E-state index in [-0.39, 0.29) is 5.41 Å². The lowest BCUT2D eigenvalue weighted by Gasteiger charge is -2.18. The van der Waals surface area contributed by atoms with Gasteiger partial charge in [-0.05, 0) is 31.7 Å². The predicted molar refractivity (Wildman–Crippen MR) is 60.6 cm³/mol. The van der Waals surface area contributed by atoms with E-state index in [2.05, 4.69) is 31.9 Å². The number of hydrogen-bond acceptors (Lipinski definition) is 2. The summed E-state index contributed by atoms with van der Waals surface area (Å²) < 4.78 is 1.75. The summed E-state index contributed by atoms with van der Waals surface area (Å²) in [7, 11) is 0. The Morgan fingerprint density at radius 2 is 1.80 bits per heavy atom. The second-order valence-corrected chi connectivity index (χ2v) is 5.49. The minimum absolute atomic E-state index is 0.0773. The Hall–Kier alpha value is -1.30. The molecule has 0 saturated heterocycles. The highest BCUT2D eigenvalue weighted by atomic mass is 15.3. The van der Waals surface area contributed by atoms with Gasteiger partial charge in [0.2, 0.25) is 0 Å². The highest BCUT2D eigenvalue weighted by molar-refractivity contribution is 5.25. The van der Waals surface area contributed by atoms with Crippen molar-refractivity contribution in [3.05, 3.63) is 17.5 Å². The van der Waals surface area contributed by atoms with Crippen LogP contribution in [0.25, 0.3) is 0 Å². The third-order valence-corrected chi connectivity index (χ3v) is 2.55. The molecular weight excluding hydrogens is 186 g/mol. The monoisotopic (exact) mass is 205 g/mol. The zero-order valence-corrected chi connectivity index (χ0v) is 10.4. The van der Waals surface area contributed by atoms with E-state index in [0.717, 1.165) is 5.69 Å². The van der Waals surface area contributed by atoms with Crippen molar-refractivity contribution in [1.29, 1.82) is 5.26 Å². The van der Waals surface area contributed by atoms with Crippen molar-refractivity contribution in [2.24, 2.45) is 0 Å². The highest BCUT2D eigenvalue weighted by Gasteiger charge is 2.25. The third kappa shape index (κ3) is 2.20. The lowest BCUT2D eigenvalue weighted by molar-refractivity contribution is 0.415. The van der Waals surface area contributed by atoms with Gasteiger partial charge in [-0.15, -0.1) is 0 Å². The summed E-state index contributed by atoms with van der Waals surface area (Å²) in [5.41, 5.74) is 1.71. The molecule has 1 aromatic heterocycles. The molecule has 0 spiro atoms. The molecule has 82 valence electrons. The highest BCUT2D eigenvalue weighted by Crippen LogP contribution is 2.26. The Balaban J connectivity index is 3.25. The van der Waals surface area contributed by atoms with Gasteiger partial charge in [0, 0.05) is 6.20 Å². The summed E-state index contributed by atoms with van der Waals surface area (Å²) in [5, 5.41) is 13.5. The summed E-state index contributed by atoms with van der Waals surface area (Å²) >= 11 is 0. The molecule has 3 nitrogen and oxygen atoms in total. The lowest BCUT2D eigenvalue weighted by Crippen LogP contribution is -2.24. The van der Waals surface area contributed by atoms with E-state index in [4.69, 9.17) is 5.26 Å². The van der Waals surface area contributed by atoms with Crippen LogP contribution < -0.4 is 0 Å². The van der Waals surface area contributed by atoms with Crippen LogP contribution in [0.4, 0.5) is 0 Å². The smallest absolute Gasteiger partial charge is 0.143 e. The number of nitrogens with zero attached hydrogens (tertiary/aromatic N) is 3. The average molecular weight is 205 g/mol. The van der Waals surface area contributed by atoms with Crippen molar-refractivity contribution in [3.8, 4) is 6.07 Å². The maximum atomic E-state index is 9.04. The zero-order chi connectivity index (χ0) is 11.9. The van der Waals surface area contributed by atoms with Gasteiger partial charge in [0.25, 0.3) is 0 Å². The first-order valence-corrected chi connectivity index (χ1v) is 5.17. The Kier molecular flexibility index (Phi) is 2.65. The van der Waals surface area contributed by atoms with Crippen LogP contribution in [-0.4, -0.2) is 9.78 Å². The summed E-state index contributed by atoms with van der Waals surface area (Å²) in [6, 6.07) is 2.25. The normalized spacial score (nSPS) is 12.6. The number of aromatic nitrogens is 2. The minimum Gasteiger partial charge on any atom is -0.252 e. The molecule has 0 unspecified atom stereocenters. The lowest BCUT2D eigenvalue weighted by atomic mass is 9.87. The molecular formula is C12H19N3. The van der Waals surface area contributed by atoms with E-state index in [0.29, 0.717) is 0 Å². The van der Waals surface area contributed by atoms with Gasteiger partial charge in [-0.1, -0.05) is 20.8 Å². The van der Waals surface area contributed by atoms with Gasteiger partial charge in [-0.2, -0.15) is 10.4 Å². The molecule has 0 radical (unpaired) electrons. The standard InChI is InChI=1S/C12H19N3/c1-9-10(11(2,3)4)7-15(14-9)12(5,6)8-13/h7H,1-6H3. The van der Waals surface area contributed by atoms with Gasteiger partial charge >= 0.3 is 0 Å². The number of hydrogen-bond donors (Lipinski definition) is 0. The first-order chi connectivity index (χ1) is 6.68. The summed E-state index contributed by atoms with van der Waals surface area (Å²) in [6.07, 6.45) is 1.98. The Bertz CT molecular complexity index is 399. The Labute approximate surface area is 91.7 Å². The van der Waals surface area contributed by atoms with E-state index in [1.807, 2.05) is 27.0 Å². The first-order valence-electron chi connectivity index (χ1n) is 5.17. The van der Waals surface area contributed by atoms with E-state index >= 15 is 0 Å². The molecule has 0 bridgehead atoms. The molecule has 0 saturated carbocycles. The molecule has 0 amide bonds. The van der Waals surface area contributed by atoms with E-state index in [1.165, 1.54) is 5.56 Å². The molecule has 0 aliphatic heterocycles. The molecule has 1 heterocycles. The summed E-state index contributed by atoms with van der Waals surface area (Å²) in [6.45, 7) is 12.2. The van der Waals surface area contributed by atoms with Crippen molar-refractivity contribution in [1.82, 2.24) is 9.78 Å². The number of nitriles is 1. The van der Waals surface area contributed by atoms with Crippen LogP contribution in [-0.2, 0) is 11.0 Å². The van der Waals surface area contributed by atoms with Crippen LogP contribution in [0.3, 0.4) is 0 Å². The summed E-state index contributed by atoms with van der Waals surface area (Å²) in [4.78, 5) is 0. The zero-order valence-electron chi connectivity index (χ0n) is 10.4. The van der Waals surface area contributed by atoms with E-state index < -0.39 is 5.54 Å². The SMILES string of the molecule is Cc1nn(C(C)(C)C#N)cc1C(C)(C)C. The van der Waals surface area contributed by atoms with Gasteiger partial charge in [-0.25, -0.2) is 0 Å². The number of aryl methyl sites for hydroxylation is 1. The first kappa shape index (κ1) is 11.8. The molecule has 1 aromatic rings. The average Bonchev–Trinajstić information content (AvgIpc) is 2.47. The maximum Gasteiger partial charge on any atom is 0.143 e. The fourth-order valence-corrected chi connectivity index (χ4v) is 1.53. The quantitative estimate of drug-likeness (QED) is 0.707. The topological polar surface area (TPSA) is 41.6 Å². The Morgan fingerprint density at radius 1 is 1.27 bits per heavy atom. The van der Waals surface area contributed by atoms with Crippen molar-refractivity contribution in [2.75, 3.05) is 0 Å². The van der Waals surface area contributed by atoms with Crippen LogP contribution in [0.15, 0.2) is 6.20 Å². The third-order valence-electron chi connectivity index (χ3n) is 2.55. The molecule has 0 aliphatic rings. The minimum atomic E-state index is -0.575. The van der Waals surface area contributed by atoms with E-state index in [9.17, 15) is 0 Å². The molecule has 1 rings (SSSR count). The molecule has 0 atom stereocenters. The fraction of sp³-hybridized carbons (Fsp3) is 0.667. The molecule has 0 aromatic carbocycles. The summed E-state index contributed by atoms with van der Waals surface area (Å²) in [5.74, 6) is 0. The maximum absolute atomic E-state index is 9.04. The van der Waals surface area contributed by atoms with E-state index in [1.54, 1.807) is 4.68 Å². The predicted octanol–water partition coefficient (Wildman–Crippen LogP) is 2.75. The largest absolute Gasteiger partial charge is 0.252 e. The molecule has 15 heavy (non-hydrogen) atoms. The van der Waals surface area contributed by atoms with Gasteiger partial charge in [0.15, 0.2) is 0 Å². The molecule has 3 heteroatoms. The second kappa shape index (κ2) is 3.37. The van der Waals surface area contributed by atoms with Crippen LogP contribution >= 0.6 is 0 Å². The fourth-order valence-electron chi connectivity index (χ4n) is 1.53.